The van der Waals surface area contributed by atoms with Gasteiger partial charge >= 0.3 is 0 Å². The molecule has 8 rings (SSSR count). The average molecular weight is 907 g/mol. The molecule has 324 valence electrons. The van der Waals surface area contributed by atoms with Gasteiger partial charge < -0.3 is 14.6 Å². The topological polar surface area (TPSA) is 138 Å². The van der Waals surface area contributed by atoms with Crippen molar-refractivity contribution >= 4 is 63.4 Å². The Morgan fingerprint density at radius 2 is 1.77 bits per heavy atom. The number of aryl methyl sites for hydroxylation is 1. The van der Waals surface area contributed by atoms with Crippen molar-refractivity contribution < 1.29 is 44.3 Å². The lowest BCUT2D eigenvalue weighted by molar-refractivity contribution is -0.123. The van der Waals surface area contributed by atoms with Crippen LogP contribution in [0.15, 0.2) is 48.7 Å². The van der Waals surface area contributed by atoms with Crippen LogP contribution in [0.2, 0.25) is 30.7 Å². The second-order valence-corrected chi connectivity index (χ2v) is 24.7. The van der Waals surface area contributed by atoms with Crippen LogP contribution in [0.1, 0.15) is 53.0 Å². The van der Waals surface area contributed by atoms with Crippen molar-refractivity contribution in [3.8, 4) is 11.1 Å². The van der Waals surface area contributed by atoms with Gasteiger partial charge in [-0.2, -0.15) is 19.0 Å². The number of hydrogen-bond acceptors (Lipinski definition) is 7. The number of nitrogens with zero attached hydrogens (tertiary/aromatic N) is 6. The first-order chi connectivity index (χ1) is 28.6. The maximum Gasteiger partial charge on any atom is 0.293 e. The molecule has 0 spiro atoms. The van der Waals surface area contributed by atoms with Gasteiger partial charge in [0.25, 0.3) is 12.3 Å². The van der Waals surface area contributed by atoms with Gasteiger partial charge in [-0.3, -0.25) is 18.9 Å². The second-order valence-electron chi connectivity index (χ2n) is 16.9. The molecule has 0 saturated heterocycles. The van der Waals surface area contributed by atoms with Gasteiger partial charge in [0.1, 0.15) is 36.3 Å². The van der Waals surface area contributed by atoms with Crippen LogP contribution in [0.4, 0.5) is 32.2 Å². The molecule has 4 aromatic heterocycles. The summed E-state index contributed by atoms with van der Waals surface area (Å²) in [6.07, 6.45) is -0.687. The van der Waals surface area contributed by atoms with Crippen molar-refractivity contribution in [2.24, 2.45) is 13.0 Å². The number of hydrogen-bond donors (Lipinski definition) is 2. The highest BCUT2D eigenvalue weighted by Gasteiger charge is 2.67. The molecule has 0 bridgehead atoms. The number of rotatable bonds is 15. The Labute approximate surface area is 352 Å². The number of carbonyl (C=O) groups is 1. The Morgan fingerprint density at radius 1 is 1.05 bits per heavy atom. The van der Waals surface area contributed by atoms with Crippen molar-refractivity contribution in [1.82, 2.24) is 34.4 Å². The number of sulfonamides is 1. The molecule has 2 aromatic carbocycles. The molecule has 1 unspecified atom stereocenters. The van der Waals surface area contributed by atoms with Crippen LogP contribution < -0.4 is 10.0 Å². The predicted octanol–water partition coefficient (Wildman–Crippen LogP) is 8.65. The normalized spacial score (nSPS) is 17.6. The molecule has 0 aliphatic heterocycles. The SMILES string of the molecule is Cn1nc(NS(C)(=O)=O)c2c(Cl)ccc(-c3cc4c(ccn4COCC[Si](C)(C)C)nc3C(Cc3cc(F)cc(F)c3)NC(=O)Cn3nc(C(F)F)c4c3C(F)(F)[C@@H]3C[C@H]43)c21. The van der Waals surface area contributed by atoms with Crippen LogP contribution in [-0.2, 0) is 52.2 Å². The lowest BCUT2D eigenvalue weighted by Crippen LogP contribution is -2.35. The first-order valence-electron chi connectivity index (χ1n) is 19.3. The van der Waals surface area contributed by atoms with Crippen LogP contribution in [0.5, 0.6) is 0 Å². The molecule has 2 aliphatic carbocycles. The molecule has 4 heterocycles. The Hall–Kier alpha value is -4.92. The molecule has 6 aromatic rings. The molecular weight excluding hydrogens is 866 g/mol. The van der Waals surface area contributed by atoms with E-state index in [1.54, 1.807) is 31.4 Å². The Kier molecular flexibility index (Phi) is 10.8. The van der Waals surface area contributed by atoms with E-state index in [2.05, 4.69) is 39.9 Å². The fourth-order valence-electron chi connectivity index (χ4n) is 8.24. The Balaban J connectivity index is 1.28. The number of aromatic nitrogens is 6. The Morgan fingerprint density at radius 3 is 2.44 bits per heavy atom. The molecule has 2 aliphatic rings. The van der Waals surface area contributed by atoms with Gasteiger partial charge in [-0.1, -0.05) is 37.3 Å². The lowest BCUT2D eigenvalue weighted by atomic mass is 9.93. The van der Waals surface area contributed by atoms with Crippen LogP contribution >= 0.6 is 11.6 Å². The van der Waals surface area contributed by atoms with Crippen molar-refractivity contribution in [3.05, 3.63) is 93.5 Å². The van der Waals surface area contributed by atoms with E-state index in [-0.39, 0.29) is 52.6 Å². The standard InChI is InChI=1S/C40H41ClF6N8O4SSi/c1-53-36-23(6-7-27(41)33(36)39(51-53)52-60(2,57)58)24-17-30-28(8-9-54(30)19-59-10-11-61(3,4)5)49-34(24)29(14-20-12-21(42)15-22(43)13-20)48-31(56)18-55-37-32(35(50-55)38(44)45)25-16-26(25)40(37,46)47/h6-9,12-13,15,17,25-26,29,38H,10-11,14,16,18-19H2,1-5H3,(H,48,56)(H,51,52)/t25-,26+,29?/m0/s1. The van der Waals surface area contributed by atoms with Crippen molar-refractivity contribution in [3.63, 3.8) is 0 Å². The first-order valence-corrected chi connectivity index (χ1v) is 25.3. The van der Waals surface area contributed by atoms with Gasteiger partial charge in [-0.25, -0.2) is 31.0 Å². The number of anilines is 1. The van der Waals surface area contributed by atoms with Crippen LogP contribution in [-0.4, -0.2) is 64.4 Å². The smallest absolute Gasteiger partial charge is 0.293 e. The van der Waals surface area contributed by atoms with E-state index < -0.39 is 83.8 Å². The maximum absolute atomic E-state index is 15.5. The summed E-state index contributed by atoms with van der Waals surface area (Å²) in [7, 11) is -3.68. The molecule has 1 saturated carbocycles. The fourth-order valence-corrected chi connectivity index (χ4v) is 9.73. The summed E-state index contributed by atoms with van der Waals surface area (Å²) >= 11 is 6.69. The second kappa shape index (κ2) is 15.5. The number of nitrogens with one attached hydrogen (secondary N) is 2. The molecule has 12 nitrogen and oxygen atoms in total. The van der Waals surface area contributed by atoms with Gasteiger partial charge in [0.2, 0.25) is 15.9 Å². The van der Waals surface area contributed by atoms with E-state index in [1.165, 1.54) is 10.7 Å². The van der Waals surface area contributed by atoms with E-state index in [1.807, 2.05) is 4.57 Å². The van der Waals surface area contributed by atoms with Crippen molar-refractivity contribution in [2.75, 3.05) is 17.6 Å². The molecule has 21 heteroatoms. The number of benzene rings is 2. The summed E-state index contributed by atoms with van der Waals surface area (Å²) in [6, 6.07) is 9.15. The molecule has 0 radical (unpaired) electrons. The molecular formula is C40H41ClF6N8O4SSi. The summed E-state index contributed by atoms with van der Waals surface area (Å²) in [5, 5.41) is 11.4. The van der Waals surface area contributed by atoms with Gasteiger partial charge in [-0.15, -0.1) is 0 Å². The third-order valence-electron chi connectivity index (χ3n) is 11.0. The number of halogens is 7. The van der Waals surface area contributed by atoms with E-state index >= 15 is 8.78 Å². The third kappa shape index (κ3) is 8.38. The number of ether oxygens (including phenoxy) is 1. The van der Waals surface area contributed by atoms with E-state index in [4.69, 9.17) is 21.3 Å². The zero-order valence-electron chi connectivity index (χ0n) is 33.5. The van der Waals surface area contributed by atoms with Crippen molar-refractivity contribution in [2.45, 2.75) is 76.1 Å². The number of pyridine rings is 1. The summed E-state index contributed by atoms with van der Waals surface area (Å²) < 4.78 is 126. The molecule has 2 N–H and O–H groups in total. The van der Waals surface area contributed by atoms with Gasteiger partial charge in [0.05, 0.1) is 45.0 Å². The third-order valence-corrected chi connectivity index (χ3v) is 13.6. The molecule has 61 heavy (non-hydrogen) atoms. The number of alkyl halides is 4. The predicted molar refractivity (Wildman–Crippen MR) is 220 cm³/mol. The van der Waals surface area contributed by atoms with E-state index in [0.29, 0.717) is 45.0 Å². The lowest BCUT2D eigenvalue weighted by Gasteiger charge is -2.23. The summed E-state index contributed by atoms with van der Waals surface area (Å²) in [5.41, 5.74) is 0.596. The number of fused-ring (bicyclic) bond motifs is 5. The first kappa shape index (κ1) is 42.8. The largest absolute Gasteiger partial charge is 0.361 e. The zero-order chi connectivity index (χ0) is 43.9. The number of amides is 1. The monoisotopic (exact) mass is 906 g/mol. The van der Waals surface area contributed by atoms with Crippen molar-refractivity contribution in [1.29, 1.82) is 0 Å². The van der Waals surface area contributed by atoms with Gasteiger partial charge in [0, 0.05) is 56.6 Å². The highest BCUT2D eigenvalue weighted by atomic mass is 35.5. The summed E-state index contributed by atoms with van der Waals surface area (Å²) in [4.78, 5) is 19.1. The average Bonchev–Trinajstić information content (AvgIpc) is 3.43. The van der Waals surface area contributed by atoms with Crippen LogP contribution in [0.3, 0.4) is 0 Å². The minimum Gasteiger partial charge on any atom is -0.361 e. The van der Waals surface area contributed by atoms with E-state index in [0.717, 1.165) is 24.4 Å². The minimum absolute atomic E-state index is 0.0353. The summed E-state index contributed by atoms with van der Waals surface area (Å²) in [6.45, 7) is 6.48. The minimum atomic E-state index is -3.83. The molecule has 1 fully saturated rings. The highest BCUT2D eigenvalue weighted by molar-refractivity contribution is 7.92. The number of carbonyl (C=O) groups excluding carboxylic acids is 1. The summed E-state index contributed by atoms with van der Waals surface area (Å²) in [5.74, 6) is -8.22. The molecule has 1 amide bonds. The van der Waals surface area contributed by atoms with Crippen LogP contribution in [0, 0.1) is 17.6 Å². The van der Waals surface area contributed by atoms with Gasteiger partial charge in [0.15, 0.2) is 5.82 Å². The fraction of sp³-hybridized carbons (Fsp3) is 0.400. The maximum atomic E-state index is 15.5. The molecule has 3 atom stereocenters. The zero-order valence-corrected chi connectivity index (χ0v) is 36.1. The quantitative estimate of drug-likeness (QED) is 0.0598. The highest BCUT2D eigenvalue weighted by Crippen LogP contribution is 2.68. The Bertz CT molecular complexity index is 2820. The van der Waals surface area contributed by atoms with Crippen LogP contribution in [0.25, 0.3) is 33.1 Å². The van der Waals surface area contributed by atoms with Gasteiger partial charge in [-0.05, 0) is 60.7 Å². The van der Waals surface area contributed by atoms with E-state index in [9.17, 15) is 30.8 Å².